The van der Waals surface area contributed by atoms with E-state index in [2.05, 4.69) is 179 Å². The SMILES string of the molecule is c1ccc(-c2nc(-c3cc(-n4c5ccccc5c5ccccc54)cc(-n4c5ccccc5c5ccccc54)c3)nc3c2oc2ccc(-c4cccc5oc6ccccc6c45)cc23)cc1. The number of aromatic nitrogens is 4. The molecule has 0 aliphatic carbocycles. The van der Waals surface area contributed by atoms with Crippen LogP contribution in [-0.2, 0) is 0 Å². The minimum atomic E-state index is 0.604. The molecule has 6 heteroatoms. The van der Waals surface area contributed by atoms with E-state index in [0.29, 0.717) is 11.4 Å². The zero-order valence-corrected chi connectivity index (χ0v) is 34.2. The van der Waals surface area contributed by atoms with Crippen molar-refractivity contribution in [2.45, 2.75) is 0 Å². The number of para-hydroxylation sites is 5. The smallest absolute Gasteiger partial charge is 0.180 e. The van der Waals surface area contributed by atoms with Gasteiger partial charge >= 0.3 is 0 Å². The Bertz CT molecular complexity index is 3970. The first-order valence-electron chi connectivity index (χ1n) is 21.6. The molecule has 0 saturated carbocycles. The zero-order chi connectivity index (χ0) is 41.9. The van der Waals surface area contributed by atoms with Crippen LogP contribution in [0.1, 0.15) is 0 Å². The van der Waals surface area contributed by atoms with Gasteiger partial charge in [0.15, 0.2) is 11.4 Å². The first-order chi connectivity index (χ1) is 31.7. The van der Waals surface area contributed by atoms with E-state index >= 15 is 0 Å². The maximum absolute atomic E-state index is 6.77. The van der Waals surface area contributed by atoms with Gasteiger partial charge in [0, 0.05) is 60.2 Å². The van der Waals surface area contributed by atoms with Gasteiger partial charge in [-0.3, -0.25) is 0 Å². The van der Waals surface area contributed by atoms with Gasteiger partial charge in [-0.05, 0) is 77.9 Å². The van der Waals surface area contributed by atoms with Gasteiger partial charge in [0.1, 0.15) is 28.0 Å². The highest BCUT2D eigenvalue weighted by molar-refractivity contribution is 6.15. The summed E-state index contributed by atoms with van der Waals surface area (Å²) >= 11 is 0. The number of rotatable bonds is 5. The molecule has 5 aromatic heterocycles. The summed E-state index contributed by atoms with van der Waals surface area (Å²) in [4.78, 5) is 11.0. The molecule has 0 spiro atoms. The number of benzene rings is 9. The Balaban J connectivity index is 1.07. The second kappa shape index (κ2) is 13.4. The summed E-state index contributed by atoms with van der Waals surface area (Å²) in [6, 6.07) is 72.6. The molecule has 6 nitrogen and oxygen atoms in total. The Morgan fingerprint density at radius 2 is 0.875 bits per heavy atom. The third kappa shape index (κ3) is 5.08. The Hall–Kier alpha value is -8.74. The molecule has 0 fully saturated rings. The number of fused-ring (bicyclic) bond motifs is 12. The minimum absolute atomic E-state index is 0.604. The molecule has 64 heavy (non-hydrogen) atoms. The molecule has 0 atom stereocenters. The second-order valence-electron chi connectivity index (χ2n) is 16.5. The van der Waals surface area contributed by atoms with E-state index in [9.17, 15) is 0 Å². The summed E-state index contributed by atoms with van der Waals surface area (Å²) in [6.45, 7) is 0. The molecule has 0 unspecified atom stereocenters. The molecule has 298 valence electrons. The third-order valence-corrected chi connectivity index (χ3v) is 12.9. The van der Waals surface area contributed by atoms with E-state index in [1.807, 2.05) is 36.4 Å². The van der Waals surface area contributed by atoms with Crippen LogP contribution in [0, 0.1) is 0 Å². The predicted molar refractivity (Wildman–Crippen MR) is 262 cm³/mol. The lowest BCUT2D eigenvalue weighted by Gasteiger charge is -2.16. The number of furan rings is 2. The van der Waals surface area contributed by atoms with Gasteiger partial charge in [0.2, 0.25) is 0 Å². The van der Waals surface area contributed by atoms with Gasteiger partial charge in [-0.1, -0.05) is 140 Å². The van der Waals surface area contributed by atoms with Gasteiger partial charge in [0.25, 0.3) is 0 Å². The van der Waals surface area contributed by atoms with E-state index in [1.54, 1.807) is 0 Å². The third-order valence-electron chi connectivity index (χ3n) is 12.9. The normalized spacial score (nSPS) is 12.1. The maximum atomic E-state index is 6.77. The van der Waals surface area contributed by atoms with Crippen molar-refractivity contribution in [3.8, 4) is 45.1 Å². The van der Waals surface area contributed by atoms with Gasteiger partial charge in [0.05, 0.1) is 22.1 Å². The highest BCUT2D eigenvalue weighted by Crippen LogP contribution is 2.42. The van der Waals surface area contributed by atoms with Crippen molar-refractivity contribution in [2.75, 3.05) is 0 Å². The summed E-state index contributed by atoms with van der Waals surface area (Å²) in [5.41, 5.74) is 15.1. The van der Waals surface area contributed by atoms with Crippen LogP contribution >= 0.6 is 0 Å². The molecule has 0 aliphatic rings. The summed E-state index contributed by atoms with van der Waals surface area (Å²) in [6.07, 6.45) is 0. The fourth-order valence-electron chi connectivity index (χ4n) is 10.1. The van der Waals surface area contributed by atoms with Crippen molar-refractivity contribution >= 4 is 87.6 Å². The first-order valence-corrected chi connectivity index (χ1v) is 21.6. The van der Waals surface area contributed by atoms with Crippen molar-refractivity contribution in [2.24, 2.45) is 0 Å². The molecular weight excluding hydrogens is 785 g/mol. The van der Waals surface area contributed by atoms with Crippen LogP contribution in [-0.4, -0.2) is 19.1 Å². The average Bonchev–Trinajstić information content (AvgIpc) is 4.11. The standard InChI is InChI=1S/C58H34N4O2/c1-2-15-35(16-3-1)55-57-56(46-33-36(29-30-52(46)64-57)40-22-14-28-53-54(40)45-21-8-13-27-51(45)63-53)60-58(59-55)37-31-38(61-47-23-9-4-17-41(47)42-18-5-10-24-48(42)61)34-39(32-37)62-49-25-11-6-19-43(49)44-20-7-12-26-50(44)62/h1-34H. The molecule has 14 aromatic rings. The van der Waals surface area contributed by atoms with E-state index in [4.69, 9.17) is 18.8 Å². The Morgan fingerprint density at radius 3 is 1.50 bits per heavy atom. The number of hydrogen-bond donors (Lipinski definition) is 0. The highest BCUT2D eigenvalue weighted by atomic mass is 16.3. The molecule has 14 rings (SSSR count). The fraction of sp³-hybridized carbons (Fsp3) is 0. The Labute approximate surface area is 365 Å². The number of nitrogens with zero attached hydrogens (tertiary/aromatic N) is 4. The lowest BCUT2D eigenvalue weighted by molar-refractivity contribution is 0.667. The predicted octanol–water partition coefficient (Wildman–Crippen LogP) is 15.5. The summed E-state index contributed by atoms with van der Waals surface area (Å²) in [5.74, 6) is 0.604. The largest absolute Gasteiger partial charge is 0.456 e. The molecule has 0 N–H and O–H groups in total. The monoisotopic (exact) mass is 818 g/mol. The van der Waals surface area contributed by atoms with Crippen LogP contribution < -0.4 is 0 Å². The van der Waals surface area contributed by atoms with Gasteiger partial charge in [-0.15, -0.1) is 0 Å². The topological polar surface area (TPSA) is 61.9 Å². The fourth-order valence-corrected chi connectivity index (χ4v) is 10.1. The average molecular weight is 819 g/mol. The van der Waals surface area contributed by atoms with Crippen LogP contribution in [0.2, 0.25) is 0 Å². The Morgan fingerprint density at radius 1 is 0.344 bits per heavy atom. The number of hydrogen-bond acceptors (Lipinski definition) is 4. The van der Waals surface area contributed by atoms with Crippen molar-refractivity contribution in [1.29, 1.82) is 0 Å². The Kier molecular flexibility index (Phi) is 7.30. The molecular formula is C58H34N4O2. The summed E-state index contributed by atoms with van der Waals surface area (Å²) < 4.78 is 17.8. The molecule has 0 saturated heterocycles. The van der Waals surface area contributed by atoms with Crippen molar-refractivity contribution in [3.05, 3.63) is 206 Å². The van der Waals surface area contributed by atoms with E-state index in [1.165, 1.54) is 21.5 Å². The van der Waals surface area contributed by atoms with Crippen molar-refractivity contribution in [1.82, 2.24) is 19.1 Å². The molecule has 5 heterocycles. The van der Waals surface area contributed by atoms with E-state index < -0.39 is 0 Å². The summed E-state index contributed by atoms with van der Waals surface area (Å²) in [5, 5.41) is 7.89. The molecule has 0 radical (unpaired) electrons. The van der Waals surface area contributed by atoms with Crippen molar-refractivity contribution in [3.63, 3.8) is 0 Å². The van der Waals surface area contributed by atoms with Crippen molar-refractivity contribution < 1.29 is 8.83 Å². The first kappa shape index (κ1) is 34.9. The van der Waals surface area contributed by atoms with Gasteiger partial charge in [-0.2, -0.15) is 0 Å². The van der Waals surface area contributed by atoms with Crippen LogP contribution in [0.25, 0.3) is 133 Å². The summed E-state index contributed by atoms with van der Waals surface area (Å²) in [7, 11) is 0. The van der Waals surface area contributed by atoms with Crippen LogP contribution in [0.3, 0.4) is 0 Å². The quantitative estimate of drug-likeness (QED) is 0.174. The second-order valence-corrected chi connectivity index (χ2v) is 16.5. The molecule has 9 aromatic carbocycles. The molecule has 0 amide bonds. The van der Waals surface area contributed by atoms with E-state index in [-0.39, 0.29) is 0 Å². The molecule has 0 bridgehead atoms. The lowest BCUT2D eigenvalue weighted by atomic mass is 9.98. The van der Waals surface area contributed by atoms with Gasteiger partial charge in [-0.25, -0.2) is 9.97 Å². The minimum Gasteiger partial charge on any atom is -0.456 e. The lowest BCUT2D eigenvalue weighted by Crippen LogP contribution is -2.01. The van der Waals surface area contributed by atoms with E-state index in [0.717, 1.165) is 99.8 Å². The molecule has 0 aliphatic heterocycles. The zero-order valence-electron chi connectivity index (χ0n) is 34.2. The van der Waals surface area contributed by atoms with Crippen LogP contribution in [0.4, 0.5) is 0 Å². The van der Waals surface area contributed by atoms with Gasteiger partial charge < -0.3 is 18.0 Å². The van der Waals surface area contributed by atoms with Crippen LogP contribution in [0.5, 0.6) is 0 Å². The highest BCUT2D eigenvalue weighted by Gasteiger charge is 2.23. The maximum Gasteiger partial charge on any atom is 0.180 e. The van der Waals surface area contributed by atoms with Crippen LogP contribution in [0.15, 0.2) is 215 Å².